The normalized spacial score (nSPS) is 10.7. The molecule has 2 heterocycles. The fourth-order valence-electron chi connectivity index (χ4n) is 2.09. The van der Waals surface area contributed by atoms with Crippen LogP contribution in [0.2, 0.25) is 0 Å². The molecule has 0 aliphatic rings. The lowest BCUT2D eigenvalue weighted by Crippen LogP contribution is -2.13. The van der Waals surface area contributed by atoms with Crippen molar-refractivity contribution in [2.45, 2.75) is 13.1 Å². The first-order valence-corrected chi connectivity index (χ1v) is 6.21. The third kappa shape index (κ3) is 2.74. The molecule has 0 spiro atoms. The SMILES string of the molecule is c1cc(CNCc2ccncn2)c2ccncc2c1. The Bertz CT molecular complexity index is 662. The van der Waals surface area contributed by atoms with E-state index in [1.807, 2.05) is 18.5 Å². The second-order valence-corrected chi connectivity index (χ2v) is 4.32. The van der Waals surface area contributed by atoms with E-state index in [0.717, 1.165) is 18.8 Å². The maximum Gasteiger partial charge on any atom is 0.115 e. The average molecular weight is 250 g/mol. The molecule has 1 N–H and O–H groups in total. The lowest BCUT2D eigenvalue weighted by Gasteiger charge is -2.07. The van der Waals surface area contributed by atoms with Crippen molar-refractivity contribution in [3.63, 3.8) is 0 Å². The first-order chi connectivity index (χ1) is 9.43. The minimum absolute atomic E-state index is 0.740. The Balaban J connectivity index is 1.72. The van der Waals surface area contributed by atoms with Gasteiger partial charge in [0.15, 0.2) is 0 Å². The van der Waals surface area contributed by atoms with Gasteiger partial charge < -0.3 is 5.32 Å². The second kappa shape index (κ2) is 5.54. The van der Waals surface area contributed by atoms with Gasteiger partial charge in [-0.05, 0) is 23.1 Å². The number of rotatable bonds is 4. The molecule has 0 aliphatic carbocycles. The Labute approximate surface area is 111 Å². The predicted octanol–water partition coefficient (Wildman–Crippen LogP) is 2.31. The molecule has 0 unspecified atom stereocenters. The summed E-state index contributed by atoms with van der Waals surface area (Å²) in [5, 5.41) is 5.81. The first-order valence-electron chi connectivity index (χ1n) is 6.21. The van der Waals surface area contributed by atoms with E-state index in [-0.39, 0.29) is 0 Å². The van der Waals surface area contributed by atoms with Gasteiger partial charge in [-0.3, -0.25) is 4.98 Å². The zero-order valence-corrected chi connectivity index (χ0v) is 10.5. The summed E-state index contributed by atoms with van der Waals surface area (Å²) in [6.45, 7) is 1.55. The van der Waals surface area contributed by atoms with Crippen LogP contribution in [0.4, 0.5) is 0 Å². The standard InChI is InChI=1S/C15H14N4/c1-2-12-8-16-7-5-15(12)13(3-1)9-18-10-14-4-6-17-11-19-14/h1-8,11,18H,9-10H2. The first kappa shape index (κ1) is 11.7. The molecule has 0 bridgehead atoms. The molecule has 4 heteroatoms. The third-order valence-corrected chi connectivity index (χ3v) is 3.04. The summed E-state index contributed by atoms with van der Waals surface area (Å²) in [5.74, 6) is 0. The summed E-state index contributed by atoms with van der Waals surface area (Å²) in [6.07, 6.45) is 7.05. The van der Waals surface area contributed by atoms with E-state index in [2.05, 4.69) is 44.5 Å². The van der Waals surface area contributed by atoms with Crippen LogP contribution in [0.1, 0.15) is 11.3 Å². The molecule has 0 atom stereocenters. The number of fused-ring (bicyclic) bond motifs is 1. The Morgan fingerprint density at radius 2 is 1.89 bits per heavy atom. The van der Waals surface area contributed by atoms with Gasteiger partial charge in [0, 0.05) is 37.1 Å². The van der Waals surface area contributed by atoms with E-state index < -0.39 is 0 Å². The van der Waals surface area contributed by atoms with Gasteiger partial charge in [-0.15, -0.1) is 0 Å². The molecule has 0 saturated heterocycles. The highest BCUT2D eigenvalue weighted by molar-refractivity contribution is 5.84. The molecule has 3 aromatic rings. The molecule has 19 heavy (non-hydrogen) atoms. The van der Waals surface area contributed by atoms with Gasteiger partial charge in [0.25, 0.3) is 0 Å². The van der Waals surface area contributed by atoms with E-state index in [1.54, 1.807) is 12.5 Å². The van der Waals surface area contributed by atoms with Crippen LogP contribution in [0.3, 0.4) is 0 Å². The van der Waals surface area contributed by atoms with Crippen LogP contribution in [0.25, 0.3) is 10.8 Å². The van der Waals surface area contributed by atoms with E-state index in [9.17, 15) is 0 Å². The van der Waals surface area contributed by atoms with Gasteiger partial charge in [0.1, 0.15) is 6.33 Å². The summed E-state index contributed by atoms with van der Waals surface area (Å²) in [4.78, 5) is 12.2. The largest absolute Gasteiger partial charge is 0.307 e. The van der Waals surface area contributed by atoms with Crippen molar-refractivity contribution in [2.75, 3.05) is 0 Å². The van der Waals surface area contributed by atoms with Crippen LogP contribution in [-0.2, 0) is 13.1 Å². The molecule has 4 nitrogen and oxygen atoms in total. The number of hydrogen-bond donors (Lipinski definition) is 1. The average Bonchev–Trinajstić information content (AvgIpc) is 2.49. The Hall–Kier alpha value is -2.33. The quantitative estimate of drug-likeness (QED) is 0.772. The van der Waals surface area contributed by atoms with Crippen molar-refractivity contribution < 1.29 is 0 Å². The molecule has 94 valence electrons. The van der Waals surface area contributed by atoms with Crippen LogP contribution in [0, 0.1) is 0 Å². The van der Waals surface area contributed by atoms with E-state index in [1.165, 1.54) is 16.3 Å². The van der Waals surface area contributed by atoms with E-state index in [0.29, 0.717) is 0 Å². The summed E-state index contributed by atoms with van der Waals surface area (Å²) >= 11 is 0. The smallest absolute Gasteiger partial charge is 0.115 e. The molecule has 3 rings (SSSR count). The highest BCUT2D eigenvalue weighted by Crippen LogP contribution is 2.17. The summed E-state index contributed by atoms with van der Waals surface area (Å²) in [6, 6.07) is 10.2. The van der Waals surface area contributed by atoms with Crippen LogP contribution in [-0.4, -0.2) is 15.0 Å². The number of pyridine rings is 1. The number of hydrogen-bond acceptors (Lipinski definition) is 4. The number of aromatic nitrogens is 3. The Morgan fingerprint density at radius 1 is 0.947 bits per heavy atom. The van der Waals surface area contributed by atoms with Crippen molar-refractivity contribution in [3.05, 3.63) is 66.5 Å². The Kier molecular flexibility index (Phi) is 3.42. The van der Waals surface area contributed by atoms with Gasteiger partial charge in [0.2, 0.25) is 0 Å². The highest BCUT2D eigenvalue weighted by Gasteiger charge is 2.00. The number of benzene rings is 1. The van der Waals surface area contributed by atoms with Crippen LogP contribution in [0.15, 0.2) is 55.2 Å². The van der Waals surface area contributed by atoms with Crippen LogP contribution < -0.4 is 5.32 Å². The molecule has 1 aromatic carbocycles. The second-order valence-electron chi connectivity index (χ2n) is 4.32. The zero-order chi connectivity index (χ0) is 12.9. The van der Waals surface area contributed by atoms with Crippen molar-refractivity contribution in [3.8, 4) is 0 Å². The van der Waals surface area contributed by atoms with Gasteiger partial charge in [-0.1, -0.05) is 18.2 Å². The van der Waals surface area contributed by atoms with Crippen molar-refractivity contribution >= 4 is 10.8 Å². The molecule has 0 saturated carbocycles. The number of nitrogens with one attached hydrogen (secondary N) is 1. The maximum absolute atomic E-state index is 4.19. The van der Waals surface area contributed by atoms with Crippen LogP contribution >= 0.6 is 0 Å². The third-order valence-electron chi connectivity index (χ3n) is 3.04. The topological polar surface area (TPSA) is 50.7 Å². The van der Waals surface area contributed by atoms with Crippen molar-refractivity contribution in [2.24, 2.45) is 0 Å². The minimum atomic E-state index is 0.740. The highest BCUT2D eigenvalue weighted by atomic mass is 14.9. The van der Waals surface area contributed by atoms with Gasteiger partial charge >= 0.3 is 0 Å². The molecular formula is C15H14N4. The van der Waals surface area contributed by atoms with Gasteiger partial charge in [-0.2, -0.15) is 0 Å². The van der Waals surface area contributed by atoms with E-state index in [4.69, 9.17) is 0 Å². The molecule has 0 radical (unpaired) electrons. The molecule has 2 aromatic heterocycles. The minimum Gasteiger partial charge on any atom is -0.307 e. The molecule has 0 aliphatic heterocycles. The molecular weight excluding hydrogens is 236 g/mol. The molecule has 0 fully saturated rings. The zero-order valence-electron chi connectivity index (χ0n) is 10.5. The summed E-state index contributed by atoms with van der Waals surface area (Å²) < 4.78 is 0. The van der Waals surface area contributed by atoms with Gasteiger partial charge in [0.05, 0.1) is 5.69 Å². The van der Waals surface area contributed by atoms with Crippen LogP contribution in [0.5, 0.6) is 0 Å². The fourth-order valence-corrected chi connectivity index (χ4v) is 2.09. The van der Waals surface area contributed by atoms with Crippen molar-refractivity contribution in [1.29, 1.82) is 0 Å². The fraction of sp³-hybridized carbons (Fsp3) is 0.133. The Morgan fingerprint density at radius 3 is 2.79 bits per heavy atom. The summed E-state index contributed by atoms with van der Waals surface area (Å²) in [7, 11) is 0. The monoisotopic (exact) mass is 250 g/mol. The summed E-state index contributed by atoms with van der Waals surface area (Å²) in [5.41, 5.74) is 2.27. The van der Waals surface area contributed by atoms with Crippen molar-refractivity contribution in [1.82, 2.24) is 20.3 Å². The lowest BCUT2D eigenvalue weighted by atomic mass is 10.1. The molecule has 0 amide bonds. The predicted molar refractivity (Wildman–Crippen MR) is 74.3 cm³/mol. The maximum atomic E-state index is 4.19. The van der Waals surface area contributed by atoms with Gasteiger partial charge in [-0.25, -0.2) is 9.97 Å². The number of nitrogens with zero attached hydrogens (tertiary/aromatic N) is 3. The van der Waals surface area contributed by atoms with E-state index >= 15 is 0 Å². The lowest BCUT2D eigenvalue weighted by molar-refractivity contribution is 0.680.